The van der Waals surface area contributed by atoms with E-state index in [9.17, 15) is 0 Å². The normalized spacial score (nSPS) is 22.3. The van der Waals surface area contributed by atoms with Gasteiger partial charge < -0.3 is 15.4 Å². The Morgan fingerprint density at radius 2 is 2.29 bits per heavy atom. The van der Waals surface area contributed by atoms with E-state index in [4.69, 9.17) is 10.5 Å². The molecule has 0 aromatic carbocycles. The van der Waals surface area contributed by atoms with Crippen LogP contribution in [-0.4, -0.2) is 30.7 Å². The Balaban J connectivity index is 2.17. The molecule has 0 aliphatic carbocycles. The first-order chi connectivity index (χ1) is 8.22. The summed E-state index contributed by atoms with van der Waals surface area (Å²) >= 11 is 0. The molecular formula is C13H21N3O. The molecule has 1 aromatic heterocycles. The molecule has 94 valence electrons. The first-order valence-electron chi connectivity index (χ1n) is 6.24. The van der Waals surface area contributed by atoms with Crippen molar-refractivity contribution >= 4 is 5.82 Å². The number of anilines is 1. The lowest BCUT2D eigenvalue weighted by Gasteiger charge is -2.38. The lowest BCUT2D eigenvalue weighted by Crippen LogP contribution is -2.49. The molecular weight excluding hydrogens is 214 g/mol. The standard InChI is InChI=1S/C13H21N3O/c1-10(14)12-5-3-4-8-16(12)13-7-6-11(17-2)9-15-13/h6-7,9-10,12H,3-5,8,14H2,1-2H3. The lowest BCUT2D eigenvalue weighted by atomic mass is 9.97. The van der Waals surface area contributed by atoms with Crippen LogP contribution in [0.15, 0.2) is 18.3 Å². The molecule has 0 spiro atoms. The van der Waals surface area contributed by atoms with Gasteiger partial charge in [0, 0.05) is 18.6 Å². The van der Waals surface area contributed by atoms with Gasteiger partial charge in [0.1, 0.15) is 11.6 Å². The summed E-state index contributed by atoms with van der Waals surface area (Å²) < 4.78 is 5.13. The molecule has 17 heavy (non-hydrogen) atoms. The van der Waals surface area contributed by atoms with Crippen molar-refractivity contribution in [2.45, 2.75) is 38.3 Å². The number of hydrogen-bond acceptors (Lipinski definition) is 4. The number of nitrogens with two attached hydrogens (primary N) is 1. The number of piperidine rings is 1. The highest BCUT2D eigenvalue weighted by Gasteiger charge is 2.26. The zero-order valence-electron chi connectivity index (χ0n) is 10.6. The maximum Gasteiger partial charge on any atom is 0.137 e. The minimum absolute atomic E-state index is 0.180. The van der Waals surface area contributed by atoms with Gasteiger partial charge in [0.15, 0.2) is 0 Å². The van der Waals surface area contributed by atoms with Crippen molar-refractivity contribution in [2.75, 3.05) is 18.6 Å². The molecule has 1 aliphatic heterocycles. The van der Waals surface area contributed by atoms with Gasteiger partial charge in [-0.05, 0) is 38.3 Å². The molecule has 0 radical (unpaired) electrons. The monoisotopic (exact) mass is 235 g/mol. The van der Waals surface area contributed by atoms with Crippen LogP contribution in [0.4, 0.5) is 5.82 Å². The first kappa shape index (κ1) is 12.2. The highest BCUT2D eigenvalue weighted by molar-refractivity contribution is 5.42. The SMILES string of the molecule is COc1ccc(N2CCCCC2C(C)N)nc1. The third kappa shape index (κ3) is 2.69. The molecule has 1 aliphatic rings. The number of nitrogens with zero attached hydrogens (tertiary/aromatic N) is 2. The number of methoxy groups -OCH3 is 1. The van der Waals surface area contributed by atoms with Crippen molar-refractivity contribution in [3.05, 3.63) is 18.3 Å². The van der Waals surface area contributed by atoms with Gasteiger partial charge in [0.25, 0.3) is 0 Å². The van der Waals surface area contributed by atoms with E-state index in [1.165, 1.54) is 12.8 Å². The Hall–Kier alpha value is -1.29. The van der Waals surface area contributed by atoms with E-state index in [-0.39, 0.29) is 6.04 Å². The van der Waals surface area contributed by atoms with Gasteiger partial charge in [0.2, 0.25) is 0 Å². The van der Waals surface area contributed by atoms with Gasteiger partial charge >= 0.3 is 0 Å². The topological polar surface area (TPSA) is 51.4 Å². The molecule has 0 bridgehead atoms. The van der Waals surface area contributed by atoms with E-state index in [1.807, 2.05) is 12.1 Å². The average molecular weight is 235 g/mol. The summed E-state index contributed by atoms with van der Waals surface area (Å²) in [5.41, 5.74) is 6.06. The fraction of sp³-hybridized carbons (Fsp3) is 0.615. The molecule has 0 amide bonds. The number of pyridine rings is 1. The van der Waals surface area contributed by atoms with Crippen molar-refractivity contribution < 1.29 is 4.74 Å². The summed E-state index contributed by atoms with van der Waals surface area (Å²) in [6.07, 6.45) is 5.41. The van der Waals surface area contributed by atoms with E-state index in [2.05, 4.69) is 16.8 Å². The maximum atomic E-state index is 6.06. The van der Waals surface area contributed by atoms with E-state index >= 15 is 0 Å². The summed E-state index contributed by atoms with van der Waals surface area (Å²) in [5, 5.41) is 0. The van der Waals surface area contributed by atoms with Gasteiger partial charge in [-0.1, -0.05) is 0 Å². The Kier molecular flexibility index (Phi) is 3.84. The Morgan fingerprint density at radius 3 is 2.88 bits per heavy atom. The summed E-state index contributed by atoms with van der Waals surface area (Å²) in [5.74, 6) is 1.80. The van der Waals surface area contributed by atoms with Crippen molar-refractivity contribution in [2.24, 2.45) is 5.73 Å². The molecule has 2 heterocycles. The van der Waals surface area contributed by atoms with Crippen LogP contribution in [0.5, 0.6) is 5.75 Å². The lowest BCUT2D eigenvalue weighted by molar-refractivity contribution is 0.405. The van der Waals surface area contributed by atoms with Gasteiger partial charge in [-0.2, -0.15) is 0 Å². The van der Waals surface area contributed by atoms with Crippen molar-refractivity contribution in [1.82, 2.24) is 4.98 Å². The second kappa shape index (κ2) is 5.36. The Labute approximate surface area is 103 Å². The van der Waals surface area contributed by atoms with Crippen LogP contribution >= 0.6 is 0 Å². The van der Waals surface area contributed by atoms with E-state index in [1.54, 1.807) is 13.3 Å². The Bertz CT molecular complexity index is 350. The van der Waals surface area contributed by atoms with Crippen molar-refractivity contribution in [3.63, 3.8) is 0 Å². The fourth-order valence-corrected chi connectivity index (χ4v) is 2.45. The van der Waals surface area contributed by atoms with Crippen LogP contribution in [0, 0.1) is 0 Å². The van der Waals surface area contributed by atoms with Crippen LogP contribution in [0.1, 0.15) is 26.2 Å². The van der Waals surface area contributed by atoms with Crippen LogP contribution in [-0.2, 0) is 0 Å². The molecule has 2 atom stereocenters. The minimum Gasteiger partial charge on any atom is -0.495 e. The molecule has 2 rings (SSSR count). The van der Waals surface area contributed by atoms with Crippen molar-refractivity contribution in [1.29, 1.82) is 0 Å². The van der Waals surface area contributed by atoms with Gasteiger partial charge in [-0.3, -0.25) is 0 Å². The molecule has 4 heteroatoms. The molecule has 2 unspecified atom stereocenters. The van der Waals surface area contributed by atoms with E-state index in [0.717, 1.165) is 24.5 Å². The number of aromatic nitrogens is 1. The predicted octanol–water partition coefficient (Wildman–Crippen LogP) is 1.80. The summed E-state index contributed by atoms with van der Waals surface area (Å²) in [6, 6.07) is 4.55. The predicted molar refractivity (Wildman–Crippen MR) is 69.4 cm³/mol. The van der Waals surface area contributed by atoms with Crippen LogP contribution in [0.3, 0.4) is 0 Å². The van der Waals surface area contributed by atoms with Crippen LogP contribution < -0.4 is 15.4 Å². The van der Waals surface area contributed by atoms with E-state index < -0.39 is 0 Å². The third-order valence-electron chi connectivity index (χ3n) is 3.41. The van der Waals surface area contributed by atoms with Gasteiger partial charge in [-0.25, -0.2) is 4.98 Å². The highest BCUT2D eigenvalue weighted by atomic mass is 16.5. The van der Waals surface area contributed by atoms with Crippen LogP contribution in [0.2, 0.25) is 0 Å². The quantitative estimate of drug-likeness (QED) is 0.868. The van der Waals surface area contributed by atoms with E-state index in [0.29, 0.717) is 6.04 Å². The third-order valence-corrected chi connectivity index (χ3v) is 3.41. The highest BCUT2D eigenvalue weighted by Crippen LogP contribution is 2.25. The molecule has 2 N–H and O–H groups in total. The molecule has 4 nitrogen and oxygen atoms in total. The maximum absolute atomic E-state index is 6.06. The summed E-state index contributed by atoms with van der Waals surface area (Å²) in [4.78, 5) is 6.78. The zero-order chi connectivity index (χ0) is 12.3. The van der Waals surface area contributed by atoms with Gasteiger partial charge in [0.05, 0.1) is 13.3 Å². The second-order valence-electron chi connectivity index (χ2n) is 4.67. The van der Waals surface area contributed by atoms with Crippen LogP contribution in [0.25, 0.3) is 0 Å². The molecule has 1 fully saturated rings. The number of hydrogen-bond donors (Lipinski definition) is 1. The Morgan fingerprint density at radius 1 is 1.47 bits per heavy atom. The fourth-order valence-electron chi connectivity index (χ4n) is 2.45. The summed E-state index contributed by atoms with van der Waals surface area (Å²) in [6.45, 7) is 3.12. The smallest absolute Gasteiger partial charge is 0.137 e. The first-order valence-corrected chi connectivity index (χ1v) is 6.24. The zero-order valence-corrected chi connectivity index (χ0v) is 10.6. The molecule has 1 saturated heterocycles. The second-order valence-corrected chi connectivity index (χ2v) is 4.67. The van der Waals surface area contributed by atoms with Crippen molar-refractivity contribution in [3.8, 4) is 5.75 Å². The minimum atomic E-state index is 0.180. The largest absolute Gasteiger partial charge is 0.495 e. The number of ether oxygens (including phenoxy) is 1. The molecule has 0 saturated carbocycles. The number of rotatable bonds is 3. The average Bonchev–Trinajstić information content (AvgIpc) is 2.39. The van der Waals surface area contributed by atoms with Gasteiger partial charge in [-0.15, -0.1) is 0 Å². The molecule has 1 aromatic rings. The summed E-state index contributed by atoms with van der Waals surface area (Å²) in [7, 11) is 1.66.